The third-order valence-electron chi connectivity index (χ3n) is 3.50. The highest BCUT2D eigenvalue weighted by atomic mass is 16.2. The first-order chi connectivity index (χ1) is 9.20. The Hall–Kier alpha value is -1.69. The average molecular weight is 263 g/mol. The molecule has 1 aliphatic rings. The molecule has 1 aromatic heterocycles. The standard InChI is InChI=1S/C13H21N5O/c1-10(14-2)12(19)17-11-4-8-18(9-5-11)13-15-6-3-7-16-13/h3,6-7,10-11,14H,4-5,8-9H2,1-2H3,(H,17,19). The Morgan fingerprint density at radius 3 is 2.58 bits per heavy atom. The Bertz CT molecular complexity index is 403. The van der Waals surface area contributed by atoms with E-state index in [0.717, 1.165) is 31.9 Å². The lowest BCUT2D eigenvalue weighted by Gasteiger charge is -2.32. The van der Waals surface area contributed by atoms with E-state index in [1.165, 1.54) is 0 Å². The smallest absolute Gasteiger partial charge is 0.237 e. The molecule has 2 heterocycles. The maximum atomic E-state index is 11.8. The van der Waals surface area contributed by atoms with Gasteiger partial charge in [0.2, 0.25) is 11.9 Å². The van der Waals surface area contributed by atoms with Crippen LogP contribution in [0.4, 0.5) is 5.95 Å². The molecule has 0 saturated carbocycles. The van der Waals surface area contributed by atoms with Gasteiger partial charge in [-0.2, -0.15) is 0 Å². The minimum atomic E-state index is -0.143. The van der Waals surface area contributed by atoms with Crippen LogP contribution in [0.15, 0.2) is 18.5 Å². The number of hydrogen-bond donors (Lipinski definition) is 2. The van der Waals surface area contributed by atoms with Gasteiger partial charge in [0.05, 0.1) is 6.04 Å². The number of aromatic nitrogens is 2. The van der Waals surface area contributed by atoms with E-state index >= 15 is 0 Å². The maximum Gasteiger partial charge on any atom is 0.237 e. The monoisotopic (exact) mass is 263 g/mol. The van der Waals surface area contributed by atoms with Crippen molar-refractivity contribution in [2.45, 2.75) is 31.8 Å². The largest absolute Gasteiger partial charge is 0.352 e. The number of hydrogen-bond acceptors (Lipinski definition) is 5. The predicted octanol–water partition coefficient (Wildman–Crippen LogP) is 0.170. The minimum Gasteiger partial charge on any atom is -0.352 e. The average Bonchev–Trinajstić information content (AvgIpc) is 2.48. The van der Waals surface area contributed by atoms with E-state index in [4.69, 9.17) is 0 Å². The summed E-state index contributed by atoms with van der Waals surface area (Å²) < 4.78 is 0. The van der Waals surface area contributed by atoms with Crippen molar-refractivity contribution in [1.82, 2.24) is 20.6 Å². The quantitative estimate of drug-likeness (QED) is 0.810. The summed E-state index contributed by atoms with van der Waals surface area (Å²) in [6.07, 6.45) is 5.37. The molecular formula is C13H21N5O. The highest BCUT2D eigenvalue weighted by molar-refractivity contribution is 5.81. The number of carbonyl (C=O) groups excluding carboxylic acids is 1. The first-order valence-electron chi connectivity index (χ1n) is 6.70. The summed E-state index contributed by atoms with van der Waals surface area (Å²) >= 11 is 0. The molecule has 1 atom stereocenters. The minimum absolute atomic E-state index is 0.0666. The fourth-order valence-corrected chi connectivity index (χ4v) is 2.14. The van der Waals surface area contributed by atoms with Crippen LogP contribution in [0.5, 0.6) is 0 Å². The van der Waals surface area contributed by atoms with Crippen molar-refractivity contribution >= 4 is 11.9 Å². The zero-order chi connectivity index (χ0) is 13.7. The van der Waals surface area contributed by atoms with Gasteiger partial charge < -0.3 is 15.5 Å². The maximum absolute atomic E-state index is 11.8. The van der Waals surface area contributed by atoms with Crippen LogP contribution in [-0.4, -0.2) is 48.1 Å². The molecule has 1 aromatic rings. The van der Waals surface area contributed by atoms with Crippen LogP contribution in [0.2, 0.25) is 0 Å². The van der Waals surface area contributed by atoms with Gasteiger partial charge in [-0.1, -0.05) is 0 Å². The van der Waals surface area contributed by atoms with E-state index in [2.05, 4.69) is 25.5 Å². The van der Waals surface area contributed by atoms with Crippen LogP contribution in [0.25, 0.3) is 0 Å². The number of rotatable bonds is 4. The highest BCUT2D eigenvalue weighted by Gasteiger charge is 2.23. The SMILES string of the molecule is CNC(C)C(=O)NC1CCN(c2ncccn2)CC1. The van der Waals surface area contributed by atoms with Crippen molar-refractivity contribution in [1.29, 1.82) is 0 Å². The van der Waals surface area contributed by atoms with Gasteiger partial charge in [0.25, 0.3) is 0 Å². The lowest BCUT2D eigenvalue weighted by molar-refractivity contribution is -0.123. The Balaban J connectivity index is 1.81. The van der Waals surface area contributed by atoms with Crippen molar-refractivity contribution in [2.75, 3.05) is 25.0 Å². The van der Waals surface area contributed by atoms with Gasteiger partial charge in [-0.05, 0) is 32.9 Å². The first-order valence-corrected chi connectivity index (χ1v) is 6.70. The number of nitrogens with zero attached hydrogens (tertiary/aromatic N) is 3. The fraction of sp³-hybridized carbons (Fsp3) is 0.615. The lowest BCUT2D eigenvalue weighted by atomic mass is 10.0. The number of anilines is 1. The second-order valence-corrected chi connectivity index (χ2v) is 4.83. The molecule has 1 aliphatic heterocycles. The number of amides is 1. The third kappa shape index (κ3) is 3.64. The Labute approximate surface area is 113 Å². The zero-order valence-electron chi connectivity index (χ0n) is 11.5. The second kappa shape index (κ2) is 6.47. The summed E-state index contributed by atoms with van der Waals surface area (Å²) in [5, 5.41) is 6.02. The van der Waals surface area contributed by atoms with Crippen molar-refractivity contribution in [3.8, 4) is 0 Å². The molecule has 1 amide bonds. The van der Waals surface area contributed by atoms with Gasteiger partial charge in [-0.15, -0.1) is 0 Å². The van der Waals surface area contributed by atoms with E-state index < -0.39 is 0 Å². The molecule has 0 bridgehead atoms. The second-order valence-electron chi connectivity index (χ2n) is 4.83. The van der Waals surface area contributed by atoms with Crippen LogP contribution >= 0.6 is 0 Å². The van der Waals surface area contributed by atoms with Gasteiger partial charge in [0.15, 0.2) is 0 Å². The summed E-state index contributed by atoms with van der Waals surface area (Å²) in [5.74, 6) is 0.841. The Morgan fingerprint density at radius 1 is 1.37 bits per heavy atom. The molecule has 2 N–H and O–H groups in total. The summed E-state index contributed by atoms with van der Waals surface area (Å²) in [7, 11) is 1.79. The highest BCUT2D eigenvalue weighted by Crippen LogP contribution is 2.15. The molecule has 6 nitrogen and oxygen atoms in total. The molecule has 19 heavy (non-hydrogen) atoms. The van der Waals surface area contributed by atoms with E-state index in [9.17, 15) is 4.79 Å². The van der Waals surface area contributed by atoms with Gasteiger partial charge in [0.1, 0.15) is 0 Å². The third-order valence-corrected chi connectivity index (χ3v) is 3.50. The molecule has 1 unspecified atom stereocenters. The van der Waals surface area contributed by atoms with Crippen molar-refractivity contribution in [3.05, 3.63) is 18.5 Å². The van der Waals surface area contributed by atoms with Crippen molar-refractivity contribution in [3.63, 3.8) is 0 Å². The van der Waals surface area contributed by atoms with E-state index in [0.29, 0.717) is 0 Å². The van der Waals surface area contributed by atoms with Gasteiger partial charge >= 0.3 is 0 Å². The summed E-state index contributed by atoms with van der Waals surface area (Å²) in [5.41, 5.74) is 0. The molecule has 0 spiro atoms. The molecule has 0 radical (unpaired) electrons. The Morgan fingerprint density at radius 2 is 2.00 bits per heavy atom. The molecule has 0 aliphatic carbocycles. The van der Waals surface area contributed by atoms with Gasteiger partial charge in [-0.25, -0.2) is 9.97 Å². The summed E-state index contributed by atoms with van der Waals surface area (Å²) in [6.45, 7) is 3.62. The molecule has 2 rings (SSSR count). The van der Waals surface area contributed by atoms with E-state index in [1.54, 1.807) is 19.4 Å². The van der Waals surface area contributed by atoms with Crippen LogP contribution in [0.3, 0.4) is 0 Å². The number of piperidine rings is 1. The topological polar surface area (TPSA) is 70.2 Å². The van der Waals surface area contributed by atoms with E-state index in [1.807, 2.05) is 13.0 Å². The van der Waals surface area contributed by atoms with E-state index in [-0.39, 0.29) is 18.0 Å². The molecule has 6 heteroatoms. The van der Waals surface area contributed by atoms with Crippen molar-refractivity contribution < 1.29 is 4.79 Å². The summed E-state index contributed by atoms with van der Waals surface area (Å²) in [6, 6.07) is 1.93. The fourth-order valence-electron chi connectivity index (χ4n) is 2.14. The van der Waals surface area contributed by atoms with Gasteiger partial charge in [0, 0.05) is 31.5 Å². The summed E-state index contributed by atoms with van der Waals surface area (Å²) in [4.78, 5) is 22.4. The van der Waals surface area contributed by atoms with Crippen LogP contribution in [-0.2, 0) is 4.79 Å². The first kappa shape index (κ1) is 13.7. The number of nitrogens with one attached hydrogen (secondary N) is 2. The molecule has 1 fully saturated rings. The van der Waals surface area contributed by atoms with Crippen molar-refractivity contribution in [2.24, 2.45) is 0 Å². The van der Waals surface area contributed by atoms with Gasteiger partial charge in [-0.3, -0.25) is 4.79 Å². The normalized spacial score (nSPS) is 18.1. The van der Waals surface area contributed by atoms with Crippen LogP contribution in [0, 0.1) is 0 Å². The number of likely N-dealkylation sites (N-methyl/N-ethyl adjacent to an activating group) is 1. The zero-order valence-corrected chi connectivity index (χ0v) is 11.5. The molecule has 104 valence electrons. The Kier molecular flexibility index (Phi) is 4.68. The van der Waals surface area contributed by atoms with Crippen LogP contribution in [0.1, 0.15) is 19.8 Å². The molecule has 1 saturated heterocycles. The predicted molar refractivity (Wildman–Crippen MR) is 73.9 cm³/mol. The van der Waals surface area contributed by atoms with Crippen LogP contribution < -0.4 is 15.5 Å². The lowest BCUT2D eigenvalue weighted by Crippen LogP contribution is -2.49. The molecule has 0 aromatic carbocycles. The number of carbonyl (C=O) groups is 1. The molecular weight excluding hydrogens is 242 g/mol.